The number of hydrogen-bond donors (Lipinski definition) is 1. The number of hydrogen-bond acceptors (Lipinski definition) is 7. The van der Waals surface area contributed by atoms with Crippen molar-refractivity contribution >= 4 is 11.9 Å². The average molecular weight is 429 g/mol. The number of piperidine rings is 1. The van der Waals surface area contributed by atoms with Crippen LogP contribution in [0.1, 0.15) is 35.7 Å². The number of rotatable bonds is 5. The van der Waals surface area contributed by atoms with Crippen LogP contribution < -0.4 is 20.7 Å². The van der Waals surface area contributed by atoms with Gasteiger partial charge < -0.3 is 24.1 Å². The van der Waals surface area contributed by atoms with Crippen LogP contribution in [-0.4, -0.2) is 52.8 Å². The van der Waals surface area contributed by atoms with Gasteiger partial charge in [-0.25, -0.2) is 4.79 Å². The van der Waals surface area contributed by atoms with Crippen LogP contribution in [0, 0.1) is 5.92 Å². The van der Waals surface area contributed by atoms with Crippen LogP contribution in [0.4, 0.5) is 0 Å². The molecule has 1 fully saturated rings. The quantitative estimate of drug-likeness (QED) is 0.696. The van der Waals surface area contributed by atoms with Gasteiger partial charge in [-0.1, -0.05) is 6.07 Å². The molecule has 10 heteroatoms. The second-order valence-electron chi connectivity index (χ2n) is 7.43. The predicted octanol–water partition coefficient (Wildman–Crippen LogP) is 0.729. The van der Waals surface area contributed by atoms with Crippen molar-refractivity contribution in [2.45, 2.75) is 26.3 Å². The zero-order chi connectivity index (χ0) is 22.0. The second kappa shape index (κ2) is 8.66. The van der Waals surface area contributed by atoms with E-state index in [0.29, 0.717) is 36.4 Å². The van der Waals surface area contributed by atoms with Crippen molar-refractivity contribution in [1.29, 1.82) is 0 Å². The fraction of sp³-hybridized carbons (Fsp3) is 0.429. The first-order valence-electron chi connectivity index (χ1n) is 10.1. The Bertz CT molecular complexity index is 1120. The Morgan fingerprint density at radius 2 is 2.03 bits per heavy atom. The fourth-order valence-corrected chi connectivity index (χ4v) is 3.81. The van der Waals surface area contributed by atoms with Gasteiger partial charge in [-0.15, -0.1) is 0 Å². The van der Waals surface area contributed by atoms with Gasteiger partial charge in [0.25, 0.3) is 11.5 Å². The number of nitrogens with one attached hydrogen (secondary N) is 1. The summed E-state index contributed by atoms with van der Waals surface area (Å²) in [4.78, 5) is 54.3. The molecule has 4 rings (SSSR count). The molecule has 3 heterocycles. The monoisotopic (exact) mass is 429 g/mol. The molecular formula is C21H23N3O7. The van der Waals surface area contributed by atoms with Crippen molar-refractivity contribution in [3.63, 3.8) is 0 Å². The summed E-state index contributed by atoms with van der Waals surface area (Å²) in [5, 5.41) is 0. The zero-order valence-corrected chi connectivity index (χ0v) is 17.1. The van der Waals surface area contributed by atoms with Gasteiger partial charge in [-0.3, -0.25) is 19.0 Å². The molecule has 164 valence electrons. The standard InChI is InChI=1S/C21H23N3O7/c1-2-29-20(27)14-4-3-7-23(11-14)18(25)15-9-22-21(28)24(19(15)26)10-13-5-6-16-17(8-13)31-12-30-16/h5-6,8-9,14H,2-4,7,10-12H2,1H3,(H,22,28). The number of ether oxygens (including phenoxy) is 3. The average Bonchev–Trinajstić information content (AvgIpc) is 3.24. The van der Waals surface area contributed by atoms with Crippen LogP contribution in [0.5, 0.6) is 11.5 Å². The Morgan fingerprint density at radius 3 is 2.84 bits per heavy atom. The van der Waals surface area contributed by atoms with Crippen molar-refractivity contribution in [3.05, 3.63) is 56.4 Å². The lowest BCUT2D eigenvalue weighted by molar-refractivity contribution is -0.149. The lowest BCUT2D eigenvalue weighted by atomic mass is 9.97. The molecule has 1 amide bonds. The van der Waals surface area contributed by atoms with Crippen LogP contribution in [0.2, 0.25) is 0 Å². The van der Waals surface area contributed by atoms with Crippen LogP contribution in [0.15, 0.2) is 34.0 Å². The van der Waals surface area contributed by atoms with E-state index in [-0.39, 0.29) is 38.0 Å². The SMILES string of the molecule is CCOC(=O)C1CCCN(C(=O)c2c[nH]c(=O)n(Cc3ccc4c(c3)OCO4)c2=O)C1. The fourth-order valence-electron chi connectivity index (χ4n) is 3.81. The molecule has 1 aromatic carbocycles. The number of benzene rings is 1. The Balaban J connectivity index is 1.57. The lowest BCUT2D eigenvalue weighted by Crippen LogP contribution is -2.46. The minimum atomic E-state index is -0.690. The highest BCUT2D eigenvalue weighted by atomic mass is 16.7. The minimum Gasteiger partial charge on any atom is -0.466 e. The molecular weight excluding hydrogens is 406 g/mol. The molecule has 0 spiro atoms. The minimum absolute atomic E-state index is 0.0304. The first kappa shape index (κ1) is 20.7. The Labute approximate surface area is 177 Å². The third-order valence-electron chi connectivity index (χ3n) is 5.40. The smallest absolute Gasteiger partial charge is 0.328 e. The predicted molar refractivity (Wildman–Crippen MR) is 108 cm³/mol. The molecule has 1 atom stereocenters. The van der Waals surface area contributed by atoms with E-state index in [1.54, 1.807) is 25.1 Å². The number of esters is 1. The Hall–Kier alpha value is -3.56. The van der Waals surface area contributed by atoms with Crippen molar-refractivity contribution in [3.8, 4) is 11.5 Å². The van der Waals surface area contributed by atoms with Crippen molar-refractivity contribution < 1.29 is 23.8 Å². The van der Waals surface area contributed by atoms with Gasteiger partial charge >= 0.3 is 11.7 Å². The van der Waals surface area contributed by atoms with E-state index in [2.05, 4.69) is 4.98 Å². The molecule has 1 saturated heterocycles. The van der Waals surface area contributed by atoms with Crippen LogP contribution in [-0.2, 0) is 16.1 Å². The zero-order valence-electron chi connectivity index (χ0n) is 17.1. The van der Waals surface area contributed by atoms with Gasteiger partial charge in [0.1, 0.15) is 5.56 Å². The summed E-state index contributed by atoms with van der Waals surface area (Å²) in [6, 6.07) is 5.12. The van der Waals surface area contributed by atoms with Crippen LogP contribution >= 0.6 is 0 Å². The molecule has 2 aliphatic rings. The number of carbonyl (C=O) groups excluding carboxylic acids is 2. The Morgan fingerprint density at radius 1 is 1.23 bits per heavy atom. The summed E-state index contributed by atoms with van der Waals surface area (Å²) in [7, 11) is 0. The molecule has 1 unspecified atom stereocenters. The number of H-pyrrole nitrogens is 1. The van der Waals surface area contributed by atoms with Crippen LogP contribution in [0.3, 0.4) is 0 Å². The maximum atomic E-state index is 13.0. The van der Waals surface area contributed by atoms with E-state index in [9.17, 15) is 19.2 Å². The highest BCUT2D eigenvalue weighted by Gasteiger charge is 2.31. The number of carbonyl (C=O) groups is 2. The van der Waals surface area contributed by atoms with Gasteiger partial charge in [0.2, 0.25) is 6.79 Å². The number of fused-ring (bicyclic) bond motifs is 1. The van der Waals surface area contributed by atoms with Crippen molar-refractivity contribution in [2.75, 3.05) is 26.5 Å². The number of nitrogens with zero attached hydrogens (tertiary/aromatic N) is 2. The van der Waals surface area contributed by atoms with Gasteiger partial charge in [-0.05, 0) is 37.5 Å². The van der Waals surface area contributed by atoms with Gasteiger partial charge in [-0.2, -0.15) is 0 Å². The van der Waals surface area contributed by atoms with E-state index < -0.39 is 23.1 Å². The largest absolute Gasteiger partial charge is 0.466 e. The molecule has 0 bridgehead atoms. The summed E-state index contributed by atoms with van der Waals surface area (Å²) in [5.41, 5.74) is -0.807. The van der Waals surface area contributed by atoms with Gasteiger partial charge in [0.05, 0.1) is 19.1 Å². The summed E-state index contributed by atoms with van der Waals surface area (Å²) < 4.78 is 16.6. The topological polar surface area (TPSA) is 120 Å². The third-order valence-corrected chi connectivity index (χ3v) is 5.40. The molecule has 1 aromatic heterocycles. The first-order chi connectivity index (χ1) is 15.0. The van der Waals surface area contributed by atoms with E-state index in [4.69, 9.17) is 14.2 Å². The summed E-state index contributed by atoms with van der Waals surface area (Å²) >= 11 is 0. The molecule has 2 aliphatic heterocycles. The number of aromatic nitrogens is 2. The third kappa shape index (κ3) is 4.18. The normalized spacial score (nSPS) is 17.5. The number of aromatic amines is 1. The highest BCUT2D eigenvalue weighted by molar-refractivity contribution is 5.94. The second-order valence-corrected chi connectivity index (χ2v) is 7.43. The lowest BCUT2D eigenvalue weighted by Gasteiger charge is -2.31. The highest BCUT2D eigenvalue weighted by Crippen LogP contribution is 2.32. The Kier molecular flexibility index (Phi) is 5.79. The number of amides is 1. The van der Waals surface area contributed by atoms with Gasteiger partial charge in [0.15, 0.2) is 11.5 Å². The molecule has 0 aliphatic carbocycles. The molecule has 2 aromatic rings. The van der Waals surface area contributed by atoms with Crippen molar-refractivity contribution in [1.82, 2.24) is 14.5 Å². The van der Waals surface area contributed by atoms with Crippen LogP contribution in [0.25, 0.3) is 0 Å². The molecule has 0 radical (unpaired) electrons. The maximum Gasteiger partial charge on any atom is 0.328 e. The molecule has 1 N–H and O–H groups in total. The van der Waals surface area contributed by atoms with Gasteiger partial charge in [0, 0.05) is 19.3 Å². The van der Waals surface area contributed by atoms with E-state index in [0.717, 1.165) is 10.8 Å². The molecule has 31 heavy (non-hydrogen) atoms. The van der Waals surface area contributed by atoms with E-state index in [1.807, 2.05) is 0 Å². The van der Waals surface area contributed by atoms with E-state index in [1.165, 1.54) is 4.90 Å². The summed E-state index contributed by atoms with van der Waals surface area (Å²) in [6.45, 7) is 2.69. The molecule has 10 nitrogen and oxygen atoms in total. The summed E-state index contributed by atoms with van der Waals surface area (Å²) in [5.74, 6) is -0.157. The van der Waals surface area contributed by atoms with Crippen molar-refractivity contribution in [2.24, 2.45) is 5.92 Å². The molecule has 0 saturated carbocycles. The van der Waals surface area contributed by atoms with E-state index >= 15 is 0 Å². The summed E-state index contributed by atoms with van der Waals surface area (Å²) in [6.07, 6.45) is 2.39. The first-order valence-corrected chi connectivity index (χ1v) is 10.1. The number of likely N-dealkylation sites (tertiary alicyclic amines) is 1. The maximum absolute atomic E-state index is 13.0.